The quantitative estimate of drug-likeness (QED) is 0.755. The molecule has 0 bridgehead atoms. The van der Waals surface area contributed by atoms with Crippen LogP contribution in [0.25, 0.3) is 21.8 Å². The topological polar surface area (TPSA) is 72.9 Å². The molecule has 20 heavy (non-hydrogen) atoms. The van der Waals surface area contributed by atoms with Crippen molar-refractivity contribution in [3.8, 4) is 5.75 Å². The van der Waals surface area contributed by atoms with Gasteiger partial charge in [0.15, 0.2) is 0 Å². The minimum atomic E-state index is 0. The Balaban J connectivity index is 0.00000147. The van der Waals surface area contributed by atoms with Crippen molar-refractivity contribution in [3.63, 3.8) is 0 Å². The zero-order valence-corrected chi connectivity index (χ0v) is 12.3. The molecule has 1 aromatic carbocycles. The summed E-state index contributed by atoms with van der Waals surface area (Å²) in [5.74, 6) is 0.884. The van der Waals surface area contributed by atoms with Gasteiger partial charge in [-0.15, -0.1) is 0 Å². The minimum absolute atomic E-state index is 0. The predicted molar refractivity (Wildman–Crippen MR) is 83.9 cm³/mol. The number of hydrogen-bond donors (Lipinski definition) is 2. The van der Waals surface area contributed by atoms with Crippen LogP contribution in [0.3, 0.4) is 0 Å². The van der Waals surface area contributed by atoms with Crippen LogP contribution in [0.4, 0.5) is 0 Å². The van der Waals surface area contributed by atoms with Gasteiger partial charge in [0.25, 0.3) is 0 Å². The summed E-state index contributed by atoms with van der Waals surface area (Å²) in [6.07, 6.45) is 1.90. The molecule has 0 spiro atoms. The molecule has 3 aromatic rings. The molecule has 4 heteroatoms. The Hall–Kier alpha value is -2.07. The Kier molecular flexibility index (Phi) is 3.95. The number of aromatic amines is 1. The third-order valence-electron chi connectivity index (χ3n) is 3.61. The Morgan fingerprint density at radius 2 is 1.90 bits per heavy atom. The highest BCUT2D eigenvalue weighted by atomic mass is 16.5. The number of methoxy groups -OCH3 is 1. The van der Waals surface area contributed by atoms with Crippen molar-refractivity contribution in [2.75, 3.05) is 7.11 Å². The Labute approximate surface area is 118 Å². The molecule has 0 amide bonds. The van der Waals surface area contributed by atoms with E-state index < -0.39 is 0 Å². The van der Waals surface area contributed by atoms with E-state index in [4.69, 9.17) is 9.72 Å². The van der Waals surface area contributed by atoms with Gasteiger partial charge in [-0.05, 0) is 37.1 Å². The minimum Gasteiger partial charge on any atom is -0.497 e. The normalized spacial score (nSPS) is 10.8. The molecule has 0 aliphatic carbocycles. The van der Waals surface area contributed by atoms with Gasteiger partial charge in [0.05, 0.1) is 18.3 Å². The third kappa shape index (κ3) is 2.12. The average Bonchev–Trinajstić information content (AvgIpc) is 2.83. The fourth-order valence-corrected chi connectivity index (χ4v) is 2.60. The van der Waals surface area contributed by atoms with Crippen molar-refractivity contribution in [1.29, 1.82) is 0 Å². The fourth-order valence-electron chi connectivity index (χ4n) is 2.60. The van der Waals surface area contributed by atoms with Crippen LogP contribution in [0.2, 0.25) is 0 Å². The number of pyridine rings is 1. The van der Waals surface area contributed by atoms with Gasteiger partial charge in [-0.2, -0.15) is 0 Å². The highest BCUT2D eigenvalue weighted by Gasteiger charge is 2.11. The molecule has 0 radical (unpaired) electrons. The van der Waals surface area contributed by atoms with Gasteiger partial charge in [-0.3, -0.25) is 4.98 Å². The maximum atomic E-state index is 5.32. The maximum absolute atomic E-state index is 5.32. The van der Waals surface area contributed by atoms with E-state index in [0.29, 0.717) is 0 Å². The number of aryl methyl sites for hydroxylation is 2. The van der Waals surface area contributed by atoms with Gasteiger partial charge < -0.3 is 15.9 Å². The summed E-state index contributed by atoms with van der Waals surface area (Å²) in [6, 6.07) is 8.29. The van der Waals surface area contributed by atoms with Gasteiger partial charge in [0.1, 0.15) is 5.75 Å². The molecule has 4 nitrogen and oxygen atoms in total. The molecule has 0 fully saturated rings. The van der Waals surface area contributed by atoms with Crippen molar-refractivity contribution in [1.82, 2.24) is 16.1 Å². The predicted octanol–water partition coefficient (Wildman–Crippen LogP) is 4.01. The summed E-state index contributed by atoms with van der Waals surface area (Å²) >= 11 is 0. The van der Waals surface area contributed by atoms with Crippen LogP contribution in [0.5, 0.6) is 5.75 Å². The fraction of sp³-hybridized carbons (Fsp3) is 0.312. The zero-order valence-electron chi connectivity index (χ0n) is 12.3. The van der Waals surface area contributed by atoms with Gasteiger partial charge in [0, 0.05) is 22.0 Å². The molecule has 0 unspecified atom stereocenters. The molecule has 2 heterocycles. The van der Waals surface area contributed by atoms with E-state index in [1.165, 1.54) is 16.3 Å². The first-order chi connectivity index (χ1) is 9.26. The van der Waals surface area contributed by atoms with E-state index in [9.17, 15) is 0 Å². The van der Waals surface area contributed by atoms with Crippen LogP contribution in [0, 0.1) is 0 Å². The van der Waals surface area contributed by atoms with E-state index in [1.54, 1.807) is 7.11 Å². The number of aromatic nitrogens is 2. The molecule has 0 aliphatic heterocycles. The van der Waals surface area contributed by atoms with Gasteiger partial charge in [-0.25, -0.2) is 0 Å². The molecule has 3 rings (SSSR count). The summed E-state index contributed by atoms with van der Waals surface area (Å²) in [6.45, 7) is 4.29. The van der Waals surface area contributed by atoms with Crippen LogP contribution >= 0.6 is 0 Å². The van der Waals surface area contributed by atoms with E-state index in [2.05, 4.69) is 37.0 Å². The standard InChI is InChI=1S/C16H18N2O.H3N/c1-4-10-8-15-16(13(5-2)17-10)12-9-11(19-3)6-7-14(12)18-15;/h6-9,18H,4-5H2,1-3H3;1H3. The maximum Gasteiger partial charge on any atom is 0.119 e. The van der Waals surface area contributed by atoms with Gasteiger partial charge >= 0.3 is 0 Å². The first kappa shape index (κ1) is 14.3. The number of nitrogens with one attached hydrogen (secondary N) is 1. The monoisotopic (exact) mass is 271 g/mol. The van der Waals surface area contributed by atoms with Gasteiger partial charge in [0.2, 0.25) is 0 Å². The summed E-state index contributed by atoms with van der Waals surface area (Å²) in [5.41, 5.74) is 4.62. The second kappa shape index (κ2) is 5.51. The molecule has 106 valence electrons. The number of hydrogen-bond acceptors (Lipinski definition) is 3. The van der Waals surface area contributed by atoms with Crippen LogP contribution in [0.1, 0.15) is 25.2 Å². The van der Waals surface area contributed by atoms with Crippen molar-refractivity contribution in [2.45, 2.75) is 26.7 Å². The Morgan fingerprint density at radius 3 is 2.55 bits per heavy atom. The number of ether oxygens (including phenoxy) is 1. The third-order valence-corrected chi connectivity index (χ3v) is 3.61. The molecule has 4 N–H and O–H groups in total. The summed E-state index contributed by atoms with van der Waals surface area (Å²) < 4.78 is 5.32. The molecular weight excluding hydrogens is 250 g/mol. The lowest BCUT2D eigenvalue weighted by molar-refractivity contribution is 0.415. The number of rotatable bonds is 3. The molecule has 0 saturated carbocycles. The highest BCUT2D eigenvalue weighted by molar-refractivity contribution is 6.09. The molecule has 0 saturated heterocycles. The highest BCUT2D eigenvalue weighted by Crippen LogP contribution is 2.31. The van der Waals surface area contributed by atoms with Crippen molar-refractivity contribution >= 4 is 21.8 Å². The summed E-state index contributed by atoms with van der Waals surface area (Å²) in [7, 11) is 1.70. The first-order valence-corrected chi connectivity index (χ1v) is 6.75. The average molecular weight is 271 g/mol. The Bertz CT molecular complexity index is 746. The van der Waals surface area contributed by atoms with Crippen molar-refractivity contribution in [2.24, 2.45) is 0 Å². The number of H-pyrrole nitrogens is 1. The summed E-state index contributed by atoms with van der Waals surface area (Å²) in [5, 5.41) is 2.43. The number of benzene rings is 1. The van der Waals surface area contributed by atoms with E-state index in [-0.39, 0.29) is 6.15 Å². The van der Waals surface area contributed by atoms with Crippen LogP contribution < -0.4 is 10.9 Å². The van der Waals surface area contributed by atoms with E-state index in [1.807, 2.05) is 6.07 Å². The lowest BCUT2D eigenvalue weighted by Crippen LogP contribution is -1.94. The second-order valence-electron chi connectivity index (χ2n) is 4.73. The largest absolute Gasteiger partial charge is 0.497 e. The Morgan fingerprint density at radius 1 is 1.10 bits per heavy atom. The first-order valence-electron chi connectivity index (χ1n) is 6.75. The van der Waals surface area contributed by atoms with Gasteiger partial charge in [-0.1, -0.05) is 13.8 Å². The van der Waals surface area contributed by atoms with Crippen LogP contribution in [0.15, 0.2) is 24.3 Å². The number of fused-ring (bicyclic) bond motifs is 3. The van der Waals surface area contributed by atoms with E-state index >= 15 is 0 Å². The van der Waals surface area contributed by atoms with E-state index in [0.717, 1.165) is 35.5 Å². The smallest absolute Gasteiger partial charge is 0.119 e. The summed E-state index contributed by atoms with van der Waals surface area (Å²) in [4.78, 5) is 8.24. The number of nitrogens with zero attached hydrogens (tertiary/aromatic N) is 1. The lowest BCUT2D eigenvalue weighted by atomic mass is 10.1. The zero-order chi connectivity index (χ0) is 13.4. The second-order valence-corrected chi connectivity index (χ2v) is 4.73. The van der Waals surface area contributed by atoms with Crippen molar-refractivity contribution in [3.05, 3.63) is 35.7 Å². The molecule has 0 aliphatic rings. The molecule has 0 atom stereocenters. The van der Waals surface area contributed by atoms with Crippen LogP contribution in [-0.4, -0.2) is 17.1 Å². The van der Waals surface area contributed by atoms with Crippen molar-refractivity contribution < 1.29 is 4.74 Å². The molecular formula is C16H21N3O. The SMILES string of the molecule is CCc1cc2[nH]c3ccc(OC)cc3c2c(CC)n1.N. The lowest BCUT2D eigenvalue weighted by Gasteiger charge is -2.04. The molecule has 2 aromatic heterocycles. The van der Waals surface area contributed by atoms with Crippen LogP contribution in [-0.2, 0) is 12.8 Å².